The number of benzene rings is 2. The van der Waals surface area contributed by atoms with Crippen molar-refractivity contribution in [3.63, 3.8) is 0 Å². The molecule has 6 heteroatoms. The SMILES string of the molecule is CCC/C(=C\c1ccc(O)c2ccccc12)CC[C@H]1OC[C@H]2C1=C(CO)C[C@H]1C(=O)N(C3CCCCC3)C(=O)[C@H]12. The number of nitrogens with zero attached hydrogens (tertiary/aromatic N) is 1. The van der Waals surface area contributed by atoms with Crippen LogP contribution < -0.4 is 0 Å². The van der Waals surface area contributed by atoms with Gasteiger partial charge in [-0.15, -0.1) is 0 Å². The summed E-state index contributed by atoms with van der Waals surface area (Å²) in [5.74, 6) is -0.558. The number of carbonyl (C=O) groups excluding carboxylic acids is 2. The molecule has 2 aliphatic heterocycles. The van der Waals surface area contributed by atoms with E-state index in [4.69, 9.17) is 4.74 Å². The molecule has 0 bridgehead atoms. The van der Waals surface area contributed by atoms with Gasteiger partial charge in [0.15, 0.2) is 0 Å². The molecule has 0 unspecified atom stereocenters. The molecule has 0 aromatic heterocycles. The molecule has 0 spiro atoms. The first-order valence-corrected chi connectivity index (χ1v) is 15.2. The standard InChI is InChI=1S/C34H41NO5/c1-2-8-21(17-22-14-15-29(37)26-12-7-6-11-25(22)26)13-16-30-31-23(19-36)18-27-32(28(31)20-40-30)34(39)35(33(27)38)24-9-4-3-5-10-24/h6-7,11-12,14-15,17,24,27-28,30,32,36-37H,2-5,8-10,13,16,18-20H2,1H3/b21-17+/t27-,28+,30-,32-/m1/s1. The highest BCUT2D eigenvalue weighted by molar-refractivity contribution is 6.06. The van der Waals surface area contributed by atoms with E-state index in [2.05, 4.69) is 13.0 Å². The maximum Gasteiger partial charge on any atom is 0.234 e. The van der Waals surface area contributed by atoms with Gasteiger partial charge in [-0.25, -0.2) is 0 Å². The van der Waals surface area contributed by atoms with Gasteiger partial charge in [-0.3, -0.25) is 14.5 Å². The number of phenolic OH excluding ortho intramolecular Hbond substituents is 1. The van der Waals surface area contributed by atoms with E-state index < -0.39 is 0 Å². The normalized spacial score (nSPS) is 27.6. The van der Waals surface area contributed by atoms with Crippen molar-refractivity contribution in [1.29, 1.82) is 0 Å². The minimum atomic E-state index is -0.356. The van der Waals surface area contributed by atoms with Crippen molar-refractivity contribution in [3.8, 4) is 5.75 Å². The Labute approximate surface area is 236 Å². The van der Waals surface area contributed by atoms with Crippen LogP contribution in [0, 0.1) is 17.8 Å². The Morgan fingerprint density at radius 2 is 1.77 bits per heavy atom. The summed E-state index contributed by atoms with van der Waals surface area (Å²) in [4.78, 5) is 28.8. The van der Waals surface area contributed by atoms with E-state index in [0.29, 0.717) is 13.0 Å². The zero-order valence-corrected chi connectivity index (χ0v) is 23.5. The summed E-state index contributed by atoms with van der Waals surface area (Å²) < 4.78 is 6.36. The van der Waals surface area contributed by atoms with Crippen molar-refractivity contribution >= 4 is 28.7 Å². The zero-order chi connectivity index (χ0) is 27.8. The first-order valence-electron chi connectivity index (χ1n) is 15.2. The number of fused-ring (bicyclic) bond motifs is 4. The number of phenols is 1. The van der Waals surface area contributed by atoms with Crippen molar-refractivity contribution in [2.45, 2.75) is 83.3 Å². The van der Waals surface area contributed by atoms with E-state index in [0.717, 1.165) is 78.8 Å². The largest absolute Gasteiger partial charge is 0.507 e. The third-order valence-corrected chi connectivity index (χ3v) is 9.77. The van der Waals surface area contributed by atoms with E-state index >= 15 is 0 Å². The number of allylic oxidation sites excluding steroid dienone is 1. The van der Waals surface area contributed by atoms with E-state index in [1.165, 1.54) is 12.0 Å². The Balaban J connectivity index is 1.23. The lowest BCUT2D eigenvalue weighted by atomic mass is 9.69. The number of amides is 2. The van der Waals surface area contributed by atoms with E-state index in [9.17, 15) is 19.8 Å². The van der Waals surface area contributed by atoms with Gasteiger partial charge in [0.25, 0.3) is 0 Å². The zero-order valence-electron chi connectivity index (χ0n) is 23.5. The predicted molar refractivity (Wildman–Crippen MR) is 155 cm³/mol. The first kappa shape index (κ1) is 27.2. The number of likely N-dealkylation sites (tertiary alicyclic amines) is 1. The lowest BCUT2D eigenvalue weighted by molar-refractivity contribution is -0.143. The fourth-order valence-electron chi connectivity index (χ4n) is 7.90. The molecule has 2 N–H and O–H groups in total. The summed E-state index contributed by atoms with van der Waals surface area (Å²) in [7, 11) is 0. The third kappa shape index (κ3) is 4.79. The second-order valence-corrected chi connectivity index (χ2v) is 12.1. The Bertz CT molecular complexity index is 1350. The molecule has 4 atom stereocenters. The Morgan fingerprint density at radius 3 is 2.52 bits per heavy atom. The molecule has 212 valence electrons. The van der Waals surface area contributed by atoms with E-state index in [-0.39, 0.29) is 54.1 Å². The van der Waals surface area contributed by atoms with Crippen LogP contribution in [-0.4, -0.2) is 52.3 Å². The number of aromatic hydroxyl groups is 1. The summed E-state index contributed by atoms with van der Waals surface area (Å²) in [6.07, 6.45) is 11.3. The summed E-state index contributed by atoms with van der Waals surface area (Å²) in [5.41, 5.74) is 4.41. The minimum Gasteiger partial charge on any atom is -0.507 e. The summed E-state index contributed by atoms with van der Waals surface area (Å²) in [6.45, 7) is 2.54. The minimum absolute atomic E-state index is 0.00332. The van der Waals surface area contributed by atoms with Crippen LogP contribution in [0.3, 0.4) is 0 Å². The second-order valence-electron chi connectivity index (χ2n) is 12.1. The van der Waals surface area contributed by atoms with Gasteiger partial charge in [0.1, 0.15) is 5.75 Å². The number of ether oxygens (including phenoxy) is 1. The van der Waals surface area contributed by atoms with Gasteiger partial charge < -0.3 is 14.9 Å². The lowest BCUT2D eigenvalue weighted by Gasteiger charge is -2.31. The van der Waals surface area contributed by atoms with Crippen molar-refractivity contribution in [1.82, 2.24) is 4.90 Å². The summed E-state index contributed by atoms with van der Waals surface area (Å²) in [6, 6.07) is 11.7. The van der Waals surface area contributed by atoms with Crippen LogP contribution in [0.1, 0.15) is 76.7 Å². The van der Waals surface area contributed by atoms with Crippen molar-refractivity contribution in [3.05, 3.63) is 58.7 Å². The number of imide groups is 1. The monoisotopic (exact) mass is 543 g/mol. The molecule has 0 radical (unpaired) electrons. The van der Waals surface area contributed by atoms with Gasteiger partial charge in [-0.1, -0.05) is 74.6 Å². The van der Waals surface area contributed by atoms with E-state index in [1.54, 1.807) is 11.0 Å². The van der Waals surface area contributed by atoms with Gasteiger partial charge in [-0.05, 0) is 66.7 Å². The molecule has 2 aromatic rings. The number of hydrogen-bond acceptors (Lipinski definition) is 5. The van der Waals surface area contributed by atoms with Crippen LogP contribution >= 0.6 is 0 Å². The van der Waals surface area contributed by atoms with Gasteiger partial charge in [0, 0.05) is 17.3 Å². The first-order chi connectivity index (χ1) is 19.5. The predicted octanol–water partition coefficient (Wildman–Crippen LogP) is 6.15. The van der Waals surface area contributed by atoms with Gasteiger partial charge >= 0.3 is 0 Å². The molecular weight excluding hydrogens is 502 g/mol. The Morgan fingerprint density at radius 1 is 1.00 bits per heavy atom. The third-order valence-electron chi connectivity index (χ3n) is 9.77. The topological polar surface area (TPSA) is 87.1 Å². The molecule has 2 aromatic carbocycles. The molecule has 2 heterocycles. The second kappa shape index (κ2) is 11.5. The highest BCUT2D eigenvalue weighted by Gasteiger charge is 2.58. The molecule has 4 aliphatic rings. The summed E-state index contributed by atoms with van der Waals surface area (Å²) in [5, 5.41) is 22.6. The fourth-order valence-corrected chi connectivity index (χ4v) is 7.90. The smallest absolute Gasteiger partial charge is 0.234 e. The van der Waals surface area contributed by atoms with Crippen molar-refractivity contribution in [2.24, 2.45) is 17.8 Å². The Kier molecular flexibility index (Phi) is 7.82. The average molecular weight is 544 g/mol. The maximum absolute atomic E-state index is 13.7. The molecule has 6 nitrogen and oxygen atoms in total. The highest BCUT2D eigenvalue weighted by Crippen LogP contribution is 2.50. The maximum atomic E-state index is 13.7. The van der Waals surface area contributed by atoms with Gasteiger partial charge in [0.05, 0.1) is 31.2 Å². The molecule has 2 amide bonds. The number of aliphatic hydroxyl groups is 1. The van der Waals surface area contributed by atoms with Crippen molar-refractivity contribution < 1.29 is 24.5 Å². The molecule has 6 rings (SSSR count). The van der Waals surface area contributed by atoms with Crippen LogP contribution in [-0.2, 0) is 14.3 Å². The Hall–Kier alpha value is -2.96. The molecule has 40 heavy (non-hydrogen) atoms. The molecular formula is C34H41NO5. The van der Waals surface area contributed by atoms with Crippen LogP contribution in [0.25, 0.3) is 16.8 Å². The van der Waals surface area contributed by atoms with Crippen LogP contribution in [0.5, 0.6) is 5.75 Å². The molecule has 1 saturated carbocycles. The number of carbonyl (C=O) groups is 2. The number of rotatable bonds is 8. The van der Waals surface area contributed by atoms with E-state index in [1.807, 2.05) is 30.3 Å². The van der Waals surface area contributed by atoms with Gasteiger partial charge in [0.2, 0.25) is 11.8 Å². The number of hydrogen-bond donors (Lipinski definition) is 2. The van der Waals surface area contributed by atoms with Crippen LogP contribution in [0.2, 0.25) is 0 Å². The quantitative estimate of drug-likeness (QED) is 0.308. The molecule has 2 aliphatic carbocycles. The lowest BCUT2D eigenvalue weighted by Crippen LogP contribution is -2.42. The van der Waals surface area contributed by atoms with Crippen molar-refractivity contribution in [2.75, 3.05) is 13.2 Å². The van der Waals surface area contributed by atoms with Gasteiger partial charge in [-0.2, -0.15) is 0 Å². The van der Waals surface area contributed by atoms with Crippen LogP contribution in [0.15, 0.2) is 53.1 Å². The molecule has 3 fully saturated rings. The molecule has 2 saturated heterocycles. The number of aliphatic hydroxyl groups excluding tert-OH is 1. The highest BCUT2D eigenvalue weighted by atomic mass is 16.5. The summed E-state index contributed by atoms with van der Waals surface area (Å²) >= 11 is 0. The fraction of sp³-hybridized carbons (Fsp3) is 0.529. The van der Waals surface area contributed by atoms with Crippen LogP contribution in [0.4, 0.5) is 0 Å². The average Bonchev–Trinajstić information content (AvgIpc) is 3.51.